The van der Waals surface area contributed by atoms with Gasteiger partial charge in [-0.25, -0.2) is 19.8 Å². The number of hydrogen-bond donors (Lipinski definition) is 0. The Hall–Kier alpha value is -9.70. The van der Waals surface area contributed by atoms with Crippen LogP contribution >= 0.6 is 0 Å². The highest BCUT2D eigenvalue weighted by Gasteiger charge is 2.27. The molecular formula is C66H44N6. The minimum atomic E-state index is 0.498. The van der Waals surface area contributed by atoms with E-state index in [1.165, 1.54) is 11.1 Å². The van der Waals surface area contributed by atoms with Crippen LogP contribution in [-0.4, -0.2) is 24.1 Å². The van der Waals surface area contributed by atoms with Crippen molar-refractivity contribution in [3.63, 3.8) is 0 Å². The highest BCUT2D eigenvalue weighted by atomic mass is 15.0. The molecule has 0 radical (unpaired) electrons. The van der Waals surface area contributed by atoms with Crippen molar-refractivity contribution in [2.45, 2.75) is 13.8 Å². The van der Waals surface area contributed by atoms with Crippen molar-refractivity contribution in [3.8, 4) is 78.9 Å². The zero-order valence-corrected chi connectivity index (χ0v) is 39.6. The van der Waals surface area contributed by atoms with Gasteiger partial charge in [-0.2, -0.15) is 0 Å². The fourth-order valence-electron chi connectivity index (χ4n) is 10.5. The summed E-state index contributed by atoms with van der Waals surface area (Å²) in [6, 6.07) is 80.8. The molecule has 6 nitrogen and oxygen atoms in total. The van der Waals surface area contributed by atoms with Gasteiger partial charge in [-0.1, -0.05) is 193 Å². The quantitative estimate of drug-likeness (QED) is 0.143. The van der Waals surface area contributed by atoms with E-state index in [0.29, 0.717) is 23.2 Å². The molecule has 0 spiro atoms. The molecule has 0 aliphatic heterocycles. The molecule has 0 bridgehead atoms. The zero-order chi connectivity index (χ0) is 48.3. The largest absolute Gasteiger partial charge is 0.310 e. The first kappa shape index (κ1) is 42.4. The maximum absolute atomic E-state index is 8.98. The second-order valence-electron chi connectivity index (χ2n) is 18.4. The Morgan fingerprint density at radius 2 is 0.750 bits per heavy atom. The van der Waals surface area contributed by atoms with Crippen LogP contribution in [0.3, 0.4) is 0 Å². The van der Waals surface area contributed by atoms with E-state index < -0.39 is 0 Å². The summed E-state index contributed by atoms with van der Waals surface area (Å²) in [4.78, 5) is 20.2. The third-order valence-corrected chi connectivity index (χ3v) is 14.0. The molecule has 13 rings (SSSR count). The summed E-state index contributed by atoms with van der Waals surface area (Å²) < 4.78 is 4.70. The summed E-state index contributed by atoms with van der Waals surface area (Å²) >= 11 is 0. The average Bonchev–Trinajstić information content (AvgIpc) is 3.95. The van der Waals surface area contributed by atoms with Crippen molar-refractivity contribution >= 4 is 49.3 Å². The highest BCUT2D eigenvalue weighted by Crippen LogP contribution is 2.48. The number of para-hydroxylation sites is 2. The lowest BCUT2D eigenvalue weighted by molar-refractivity contribution is 1.07. The van der Waals surface area contributed by atoms with Gasteiger partial charge in [0, 0.05) is 55.0 Å². The molecular weight excluding hydrogens is 877 g/mol. The number of rotatable bonds is 8. The SMILES string of the molecule is [C-]#[N+]c1cccc(-n2c3ccccc3c3cc(-c4ccc(C)cc4)ccc32)c1-c1c(-c2nc(-c3ccccc3)nc(-c3ccccc3)n2)cccc1-n1c2ccccc2c2cc(-c3ccc(C)cc3)ccc21. The summed E-state index contributed by atoms with van der Waals surface area (Å²) in [6.07, 6.45) is 0. The van der Waals surface area contributed by atoms with Crippen molar-refractivity contribution in [2.24, 2.45) is 0 Å². The van der Waals surface area contributed by atoms with E-state index in [2.05, 4.69) is 186 Å². The van der Waals surface area contributed by atoms with E-state index in [4.69, 9.17) is 21.5 Å². The predicted molar refractivity (Wildman–Crippen MR) is 297 cm³/mol. The number of aryl methyl sites for hydroxylation is 2. The molecule has 13 aromatic rings. The van der Waals surface area contributed by atoms with Gasteiger partial charge in [0.2, 0.25) is 0 Å². The molecule has 0 saturated heterocycles. The Kier molecular flexibility index (Phi) is 10.2. The molecule has 338 valence electrons. The van der Waals surface area contributed by atoms with Crippen LogP contribution in [-0.2, 0) is 0 Å². The summed E-state index contributed by atoms with van der Waals surface area (Å²) in [6.45, 7) is 13.2. The van der Waals surface area contributed by atoms with E-state index in [-0.39, 0.29) is 0 Å². The number of hydrogen-bond acceptors (Lipinski definition) is 3. The van der Waals surface area contributed by atoms with Crippen LogP contribution in [0.25, 0.3) is 127 Å². The van der Waals surface area contributed by atoms with Gasteiger partial charge in [-0.05, 0) is 84.6 Å². The molecule has 6 heteroatoms. The molecule has 10 aromatic carbocycles. The van der Waals surface area contributed by atoms with Gasteiger partial charge in [-0.15, -0.1) is 0 Å². The van der Waals surface area contributed by atoms with Crippen LogP contribution in [0.1, 0.15) is 11.1 Å². The van der Waals surface area contributed by atoms with Crippen molar-refractivity contribution < 1.29 is 0 Å². The summed E-state index contributed by atoms with van der Waals surface area (Å²) in [5.41, 5.74) is 17.6. The molecule has 3 heterocycles. The standard InChI is InChI=1S/C66H44N6/c1-42-28-32-44(33-29-42)48-36-38-58-53(40-48)50-20-10-12-24-56(50)71(58)60-26-14-22-52(66-69-64(46-16-6-4-7-17-46)68-65(70-66)47-18-8-5-9-19-47)62(60)63-55(67-3)23-15-27-61(63)72-57-25-13-11-21-51(57)54-41-49(37-39-59(54)72)45-34-30-43(2)31-35-45/h4-41H,1-2H3. The summed E-state index contributed by atoms with van der Waals surface area (Å²) in [7, 11) is 0. The monoisotopic (exact) mass is 920 g/mol. The molecule has 0 amide bonds. The van der Waals surface area contributed by atoms with Gasteiger partial charge in [0.1, 0.15) is 0 Å². The maximum Gasteiger partial charge on any atom is 0.197 e. The summed E-state index contributed by atoms with van der Waals surface area (Å²) in [5.74, 6) is 1.61. The Morgan fingerprint density at radius 3 is 1.25 bits per heavy atom. The molecule has 0 fully saturated rings. The third kappa shape index (κ3) is 7.14. The fourth-order valence-corrected chi connectivity index (χ4v) is 10.5. The van der Waals surface area contributed by atoms with Gasteiger partial charge in [0.15, 0.2) is 23.2 Å². The first-order valence-corrected chi connectivity index (χ1v) is 24.2. The molecule has 0 aliphatic carbocycles. The van der Waals surface area contributed by atoms with Gasteiger partial charge in [-0.3, -0.25) is 0 Å². The Labute approximate surface area is 417 Å². The molecule has 72 heavy (non-hydrogen) atoms. The van der Waals surface area contributed by atoms with E-state index in [0.717, 1.165) is 105 Å². The third-order valence-electron chi connectivity index (χ3n) is 14.0. The molecule has 0 unspecified atom stereocenters. The number of aromatic nitrogens is 5. The van der Waals surface area contributed by atoms with Crippen molar-refractivity contribution in [1.82, 2.24) is 24.1 Å². The van der Waals surface area contributed by atoms with Gasteiger partial charge >= 0.3 is 0 Å². The molecule has 0 N–H and O–H groups in total. The van der Waals surface area contributed by atoms with Crippen LogP contribution in [0.15, 0.2) is 231 Å². The topological polar surface area (TPSA) is 52.9 Å². The highest BCUT2D eigenvalue weighted by molar-refractivity contribution is 6.14. The first-order valence-electron chi connectivity index (χ1n) is 24.2. The van der Waals surface area contributed by atoms with Crippen LogP contribution in [0.4, 0.5) is 5.69 Å². The Morgan fingerprint density at radius 1 is 0.333 bits per heavy atom. The summed E-state index contributed by atoms with van der Waals surface area (Å²) in [5, 5.41) is 4.50. The second kappa shape index (κ2) is 17.4. The van der Waals surface area contributed by atoms with Crippen molar-refractivity contribution in [1.29, 1.82) is 0 Å². The van der Waals surface area contributed by atoms with Crippen molar-refractivity contribution in [3.05, 3.63) is 253 Å². The molecule has 0 atom stereocenters. The Balaban J connectivity index is 1.15. The molecule has 0 aliphatic rings. The van der Waals surface area contributed by atoms with Crippen LogP contribution in [0.5, 0.6) is 0 Å². The van der Waals surface area contributed by atoms with Crippen LogP contribution in [0.2, 0.25) is 0 Å². The van der Waals surface area contributed by atoms with E-state index in [1.54, 1.807) is 0 Å². The normalized spacial score (nSPS) is 11.5. The smallest absolute Gasteiger partial charge is 0.197 e. The van der Waals surface area contributed by atoms with Crippen molar-refractivity contribution in [2.75, 3.05) is 0 Å². The molecule has 0 saturated carbocycles. The fraction of sp³-hybridized carbons (Fsp3) is 0.0303. The lowest BCUT2D eigenvalue weighted by atomic mass is 9.93. The minimum absolute atomic E-state index is 0.498. The number of fused-ring (bicyclic) bond motifs is 6. The molecule has 3 aromatic heterocycles. The lowest BCUT2D eigenvalue weighted by Crippen LogP contribution is -2.06. The predicted octanol–water partition coefficient (Wildman–Crippen LogP) is 17.2. The average molecular weight is 921 g/mol. The van der Waals surface area contributed by atoms with E-state index >= 15 is 0 Å². The van der Waals surface area contributed by atoms with E-state index in [1.807, 2.05) is 72.8 Å². The van der Waals surface area contributed by atoms with E-state index in [9.17, 15) is 0 Å². The second-order valence-corrected chi connectivity index (χ2v) is 18.4. The lowest BCUT2D eigenvalue weighted by Gasteiger charge is -2.22. The number of nitrogens with zero attached hydrogens (tertiary/aromatic N) is 6. The van der Waals surface area contributed by atoms with Crippen LogP contribution in [0, 0.1) is 20.4 Å². The maximum atomic E-state index is 8.98. The van der Waals surface area contributed by atoms with Gasteiger partial charge in [0.05, 0.1) is 34.3 Å². The van der Waals surface area contributed by atoms with Gasteiger partial charge in [0.25, 0.3) is 0 Å². The van der Waals surface area contributed by atoms with Gasteiger partial charge < -0.3 is 9.13 Å². The first-order chi connectivity index (χ1) is 35.5. The minimum Gasteiger partial charge on any atom is -0.310 e. The number of benzene rings is 10. The Bertz CT molecular complexity index is 4220. The van der Waals surface area contributed by atoms with Crippen LogP contribution < -0.4 is 0 Å². The zero-order valence-electron chi connectivity index (χ0n) is 39.6.